The van der Waals surface area contributed by atoms with Gasteiger partial charge in [0.25, 0.3) is 0 Å². The van der Waals surface area contributed by atoms with Crippen molar-refractivity contribution < 1.29 is 23.8 Å². The van der Waals surface area contributed by atoms with E-state index in [0.29, 0.717) is 19.0 Å². The first-order valence-corrected chi connectivity index (χ1v) is 12.0. The zero-order valence-electron chi connectivity index (χ0n) is 19.8. The Balaban J connectivity index is 1.09. The van der Waals surface area contributed by atoms with Crippen molar-refractivity contribution in [3.8, 4) is 23.0 Å². The second kappa shape index (κ2) is 10.5. The number of carbonyl (C=O) groups is 1. The van der Waals surface area contributed by atoms with Crippen molar-refractivity contribution in [2.75, 3.05) is 33.3 Å². The molecule has 2 saturated heterocycles. The first-order chi connectivity index (χ1) is 17.1. The maximum atomic E-state index is 12.7. The van der Waals surface area contributed by atoms with E-state index in [2.05, 4.69) is 27.2 Å². The minimum absolute atomic E-state index is 0.0281. The summed E-state index contributed by atoms with van der Waals surface area (Å²) in [6, 6.07) is 15.3. The third-order valence-corrected chi connectivity index (χ3v) is 6.50. The molecule has 0 saturated carbocycles. The molecule has 3 heterocycles. The van der Waals surface area contributed by atoms with Crippen LogP contribution in [0.5, 0.6) is 11.5 Å². The highest BCUT2D eigenvalue weighted by Gasteiger charge is 2.35. The van der Waals surface area contributed by atoms with Crippen LogP contribution in [0.3, 0.4) is 0 Å². The molecule has 0 aliphatic carbocycles. The van der Waals surface area contributed by atoms with Gasteiger partial charge in [-0.25, -0.2) is 0 Å². The maximum absolute atomic E-state index is 12.7. The summed E-state index contributed by atoms with van der Waals surface area (Å²) in [6.07, 6.45) is 2.53. The van der Waals surface area contributed by atoms with Crippen LogP contribution in [0.4, 0.5) is 0 Å². The van der Waals surface area contributed by atoms with E-state index in [1.807, 2.05) is 12.1 Å². The summed E-state index contributed by atoms with van der Waals surface area (Å²) >= 11 is 0. The van der Waals surface area contributed by atoms with Crippen molar-refractivity contribution in [3.63, 3.8) is 0 Å². The Morgan fingerprint density at radius 2 is 1.77 bits per heavy atom. The largest absolute Gasteiger partial charge is 0.497 e. The second-order valence-corrected chi connectivity index (χ2v) is 9.10. The summed E-state index contributed by atoms with van der Waals surface area (Å²) in [5.41, 5.74) is 1.95. The highest BCUT2D eigenvalue weighted by atomic mass is 16.5. The Morgan fingerprint density at radius 3 is 2.51 bits per heavy atom. The Kier molecular flexibility index (Phi) is 6.96. The molecule has 2 fully saturated rings. The number of carbonyl (C=O) groups excluding carboxylic acids is 1. The maximum Gasteiger partial charge on any atom is 0.311 e. The minimum Gasteiger partial charge on any atom is -0.497 e. The standard InChI is InChI=1S/C26H30N4O5/c1-33-21-10-6-19(7-11-21)24-27-28-25(35-24)26(32)30-16-23(17-30)34-22-8-4-18(5-9-22)15-29-13-2-3-20(31)12-14-29/h4-11,20,23,31H,2-3,12-17H2,1H3. The highest BCUT2D eigenvalue weighted by molar-refractivity contribution is 5.90. The van der Waals surface area contributed by atoms with E-state index in [0.717, 1.165) is 56.0 Å². The molecule has 0 bridgehead atoms. The number of rotatable bonds is 7. The number of ether oxygens (including phenoxy) is 2. The number of aliphatic hydroxyl groups excluding tert-OH is 1. The lowest BCUT2D eigenvalue weighted by molar-refractivity contribution is 0.0150. The van der Waals surface area contributed by atoms with Crippen molar-refractivity contribution in [1.82, 2.24) is 20.0 Å². The molecule has 2 aromatic carbocycles. The van der Waals surface area contributed by atoms with Gasteiger partial charge in [-0.05, 0) is 67.8 Å². The van der Waals surface area contributed by atoms with Crippen molar-refractivity contribution in [1.29, 1.82) is 0 Å². The molecule has 2 aliphatic rings. The van der Waals surface area contributed by atoms with Crippen molar-refractivity contribution in [3.05, 3.63) is 60.0 Å². The number of methoxy groups -OCH3 is 1. The Labute approximate surface area is 204 Å². The average molecular weight is 479 g/mol. The summed E-state index contributed by atoms with van der Waals surface area (Å²) in [7, 11) is 1.60. The number of amides is 1. The van der Waals surface area contributed by atoms with Crippen LogP contribution in [0, 0.1) is 0 Å². The average Bonchev–Trinajstić information content (AvgIpc) is 3.26. The number of likely N-dealkylation sites (tertiary alicyclic amines) is 2. The molecule has 1 amide bonds. The van der Waals surface area contributed by atoms with Crippen molar-refractivity contribution in [2.45, 2.75) is 38.0 Å². The molecule has 1 atom stereocenters. The van der Waals surface area contributed by atoms with Gasteiger partial charge in [0, 0.05) is 18.7 Å². The fourth-order valence-corrected chi connectivity index (χ4v) is 4.39. The first kappa shape index (κ1) is 23.3. The minimum atomic E-state index is -0.296. The van der Waals surface area contributed by atoms with Crippen LogP contribution in [0.15, 0.2) is 52.9 Å². The van der Waals surface area contributed by atoms with Crippen LogP contribution >= 0.6 is 0 Å². The highest BCUT2D eigenvalue weighted by Crippen LogP contribution is 2.24. The lowest BCUT2D eigenvalue weighted by atomic mass is 10.1. The van der Waals surface area contributed by atoms with Crippen LogP contribution in [0.25, 0.3) is 11.5 Å². The molecule has 184 valence electrons. The van der Waals surface area contributed by atoms with Gasteiger partial charge >= 0.3 is 11.8 Å². The predicted octanol–water partition coefficient (Wildman–Crippen LogP) is 3.00. The van der Waals surface area contributed by atoms with E-state index in [-0.39, 0.29) is 24.0 Å². The molecule has 2 aliphatic heterocycles. The molecular weight excluding hydrogens is 448 g/mol. The van der Waals surface area contributed by atoms with Gasteiger partial charge < -0.3 is 23.9 Å². The van der Waals surface area contributed by atoms with Crippen LogP contribution in [-0.4, -0.2) is 76.5 Å². The van der Waals surface area contributed by atoms with Crippen molar-refractivity contribution in [2.24, 2.45) is 0 Å². The lowest BCUT2D eigenvalue weighted by Gasteiger charge is -2.38. The summed E-state index contributed by atoms with van der Waals surface area (Å²) in [5, 5.41) is 17.7. The number of hydrogen-bond acceptors (Lipinski definition) is 8. The number of hydrogen-bond donors (Lipinski definition) is 1. The molecule has 9 heteroatoms. The molecule has 1 unspecified atom stereocenters. The van der Waals surface area contributed by atoms with Crippen molar-refractivity contribution >= 4 is 5.91 Å². The molecule has 1 aromatic heterocycles. The van der Waals surface area contributed by atoms with Gasteiger partial charge in [-0.2, -0.15) is 0 Å². The Morgan fingerprint density at radius 1 is 1.03 bits per heavy atom. The van der Waals surface area contributed by atoms with E-state index in [9.17, 15) is 9.90 Å². The smallest absolute Gasteiger partial charge is 0.311 e. The molecular formula is C26H30N4O5. The topological polar surface area (TPSA) is 101 Å². The summed E-state index contributed by atoms with van der Waals surface area (Å²) in [5.74, 6) is 1.48. The first-order valence-electron chi connectivity index (χ1n) is 12.0. The van der Waals surface area contributed by atoms with Gasteiger partial charge in [0.2, 0.25) is 5.89 Å². The molecule has 1 N–H and O–H groups in total. The molecule has 3 aromatic rings. The lowest BCUT2D eigenvalue weighted by Crippen LogP contribution is -2.56. The van der Waals surface area contributed by atoms with E-state index >= 15 is 0 Å². The number of aliphatic hydroxyl groups is 1. The zero-order valence-corrected chi connectivity index (χ0v) is 19.8. The molecule has 5 rings (SSSR count). The van der Waals surface area contributed by atoms with Crippen LogP contribution < -0.4 is 9.47 Å². The van der Waals surface area contributed by atoms with Gasteiger partial charge in [-0.15, -0.1) is 10.2 Å². The van der Waals surface area contributed by atoms with Crippen LogP contribution in [-0.2, 0) is 6.54 Å². The normalized spacial score (nSPS) is 19.1. The van der Waals surface area contributed by atoms with Crippen LogP contribution in [0.1, 0.15) is 35.5 Å². The fourth-order valence-electron chi connectivity index (χ4n) is 4.39. The van der Waals surface area contributed by atoms with E-state index in [1.54, 1.807) is 36.3 Å². The predicted molar refractivity (Wildman–Crippen MR) is 128 cm³/mol. The van der Waals surface area contributed by atoms with Gasteiger partial charge in [0.1, 0.15) is 17.6 Å². The number of benzene rings is 2. The summed E-state index contributed by atoms with van der Waals surface area (Å²) < 4.78 is 16.8. The van der Waals surface area contributed by atoms with Gasteiger partial charge in [0.05, 0.1) is 26.3 Å². The third kappa shape index (κ3) is 5.63. The summed E-state index contributed by atoms with van der Waals surface area (Å²) in [6.45, 7) is 3.76. The molecule has 35 heavy (non-hydrogen) atoms. The van der Waals surface area contributed by atoms with Gasteiger partial charge in [-0.1, -0.05) is 12.1 Å². The van der Waals surface area contributed by atoms with Gasteiger partial charge in [0.15, 0.2) is 0 Å². The monoisotopic (exact) mass is 478 g/mol. The third-order valence-electron chi connectivity index (χ3n) is 6.50. The number of nitrogens with zero attached hydrogens (tertiary/aromatic N) is 4. The molecule has 9 nitrogen and oxygen atoms in total. The van der Waals surface area contributed by atoms with E-state index in [1.165, 1.54) is 5.56 Å². The zero-order chi connectivity index (χ0) is 24.2. The quantitative estimate of drug-likeness (QED) is 0.553. The Bertz CT molecular complexity index is 1130. The molecule has 0 radical (unpaired) electrons. The number of aromatic nitrogens is 2. The van der Waals surface area contributed by atoms with Crippen LogP contribution in [0.2, 0.25) is 0 Å². The molecule has 0 spiro atoms. The SMILES string of the molecule is COc1ccc(-c2nnc(C(=O)N3CC(Oc4ccc(CN5CCCC(O)CC5)cc4)C3)o2)cc1. The fraction of sp³-hybridized carbons (Fsp3) is 0.423. The van der Waals surface area contributed by atoms with E-state index in [4.69, 9.17) is 13.9 Å². The summed E-state index contributed by atoms with van der Waals surface area (Å²) in [4.78, 5) is 16.7. The van der Waals surface area contributed by atoms with Gasteiger partial charge in [-0.3, -0.25) is 9.69 Å². The second-order valence-electron chi connectivity index (χ2n) is 9.10. The Hall–Kier alpha value is -3.43. The van der Waals surface area contributed by atoms with E-state index < -0.39 is 0 Å².